The Morgan fingerprint density at radius 3 is 2.68 bits per heavy atom. The lowest BCUT2D eigenvalue weighted by Gasteiger charge is -2.12. The molecule has 0 saturated heterocycles. The van der Waals surface area contributed by atoms with Gasteiger partial charge in [0.15, 0.2) is 5.76 Å². The lowest BCUT2D eigenvalue weighted by atomic mass is 10.2. The van der Waals surface area contributed by atoms with Crippen LogP contribution in [0.5, 0.6) is 0 Å². The van der Waals surface area contributed by atoms with Crippen molar-refractivity contribution >= 4 is 15.9 Å². The van der Waals surface area contributed by atoms with Gasteiger partial charge in [-0.05, 0) is 19.1 Å². The molecular formula is C12H10N2O4S. The first-order chi connectivity index (χ1) is 9.00. The number of sulfonamides is 1. The highest BCUT2D eigenvalue weighted by Gasteiger charge is 2.41. The van der Waals surface area contributed by atoms with Crippen molar-refractivity contribution in [3.05, 3.63) is 47.3 Å². The van der Waals surface area contributed by atoms with Crippen molar-refractivity contribution in [2.75, 3.05) is 0 Å². The van der Waals surface area contributed by atoms with E-state index in [4.69, 9.17) is 4.52 Å². The molecule has 2 heterocycles. The van der Waals surface area contributed by atoms with Crippen LogP contribution in [0.3, 0.4) is 0 Å². The van der Waals surface area contributed by atoms with Crippen LogP contribution in [0.2, 0.25) is 0 Å². The minimum absolute atomic E-state index is 0.0382. The van der Waals surface area contributed by atoms with Crippen molar-refractivity contribution in [3.8, 4) is 0 Å². The average molecular weight is 278 g/mol. The van der Waals surface area contributed by atoms with Gasteiger partial charge < -0.3 is 4.52 Å². The molecule has 0 spiro atoms. The van der Waals surface area contributed by atoms with Gasteiger partial charge in [0.05, 0.1) is 17.8 Å². The third-order valence-electron chi connectivity index (χ3n) is 2.89. The second-order valence-corrected chi connectivity index (χ2v) is 6.08. The standard InChI is InChI=1S/C12H10N2O4S/c1-8-6-9(18-13-8)7-14-12(15)10-4-2-3-5-11(10)19(14,16)17/h2-6H,7H2,1H3. The largest absolute Gasteiger partial charge is 0.359 e. The van der Waals surface area contributed by atoms with E-state index in [-0.39, 0.29) is 17.0 Å². The molecule has 1 amide bonds. The van der Waals surface area contributed by atoms with Crippen LogP contribution in [0.1, 0.15) is 21.8 Å². The van der Waals surface area contributed by atoms with Crippen molar-refractivity contribution in [1.29, 1.82) is 0 Å². The topological polar surface area (TPSA) is 80.5 Å². The van der Waals surface area contributed by atoms with Crippen LogP contribution in [0.25, 0.3) is 0 Å². The Labute approximate surface area is 109 Å². The van der Waals surface area contributed by atoms with Crippen LogP contribution in [0, 0.1) is 6.92 Å². The Hall–Kier alpha value is -2.15. The first-order valence-electron chi connectivity index (χ1n) is 5.58. The summed E-state index contributed by atoms with van der Waals surface area (Å²) in [5.74, 6) is -0.202. The molecule has 6 nitrogen and oxygen atoms in total. The molecule has 0 aliphatic carbocycles. The zero-order valence-electron chi connectivity index (χ0n) is 10.0. The molecule has 0 fully saturated rings. The third-order valence-corrected chi connectivity index (χ3v) is 4.68. The summed E-state index contributed by atoms with van der Waals surface area (Å²) >= 11 is 0. The van der Waals surface area contributed by atoms with Crippen LogP contribution in [-0.2, 0) is 16.6 Å². The Morgan fingerprint density at radius 2 is 2.05 bits per heavy atom. The molecule has 0 N–H and O–H groups in total. The predicted octanol–water partition coefficient (Wildman–Crippen LogP) is 1.33. The van der Waals surface area contributed by atoms with Crippen LogP contribution < -0.4 is 0 Å². The molecule has 7 heteroatoms. The summed E-state index contributed by atoms with van der Waals surface area (Å²) in [5.41, 5.74) is 0.829. The SMILES string of the molecule is Cc1cc(CN2C(=O)c3ccccc3S2(=O)=O)on1. The van der Waals surface area contributed by atoms with Crippen molar-refractivity contribution in [1.82, 2.24) is 9.46 Å². The molecule has 98 valence electrons. The van der Waals surface area contributed by atoms with E-state index in [0.29, 0.717) is 11.5 Å². The van der Waals surface area contributed by atoms with E-state index in [0.717, 1.165) is 4.31 Å². The van der Waals surface area contributed by atoms with Crippen molar-refractivity contribution < 1.29 is 17.7 Å². The molecule has 1 aromatic carbocycles. The number of aryl methyl sites for hydroxylation is 1. The van der Waals surface area contributed by atoms with Crippen molar-refractivity contribution in [2.24, 2.45) is 0 Å². The van der Waals surface area contributed by atoms with Gasteiger partial charge >= 0.3 is 0 Å². The Balaban J connectivity index is 2.03. The van der Waals surface area contributed by atoms with Crippen molar-refractivity contribution in [2.45, 2.75) is 18.4 Å². The van der Waals surface area contributed by atoms with Gasteiger partial charge in [-0.3, -0.25) is 4.79 Å². The van der Waals surface area contributed by atoms with Gasteiger partial charge in [0, 0.05) is 6.07 Å². The number of hydrogen-bond donors (Lipinski definition) is 0. The van der Waals surface area contributed by atoms with Gasteiger partial charge in [-0.2, -0.15) is 0 Å². The number of carbonyl (C=O) groups excluding carboxylic acids is 1. The zero-order valence-corrected chi connectivity index (χ0v) is 10.8. The monoisotopic (exact) mass is 278 g/mol. The van der Waals surface area contributed by atoms with Crippen molar-refractivity contribution in [3.63, 3.8) is 0 Å². The fraction of sp³-hybridized carbons (Fsp3) is 0.167. The molecule has 0 unspecified atom stereocenters. The van der Waals surface area contributed by atoms with E-state index in [2.05, 4.69) is 5.16 Å². The van der Waals surface area contributed by atoms with Gasteiger partial charge in [0.2, 0.25) is 0 Å². The van der Waals surface area contributed by atoms with Crippen LogP contribution >= 0.6 is 0 Å². The predicted molar refractivity (Wildman–Crippen MR) is 64.7 cm³/mol. The lowest BCUT2D eigenvalue weighted by Crippen LogP contribution is -2.29. The smallest absolute Gasteiger partial charge is 0.269 e. The zero-order chi connectivity index (χ0) is 13.6. The normalized spacial score (nSPS) is 16.7. The second-order valence-electron chi connectivity index (χ2n) is 4.25. The first-order valence-corrected chi connectivity index (χ1v) is 7.02. The molecule has 1 aliphatic rings. The third kappa shape index (κ3) is 1.74. The van der Waals surface area contributed by atoms with Crippen LogP contribution in [0.15, 0.2) is 39.8 Å². The number of carbonyl (C=O) groups is 1. The first kappa shape index (κ1) is 11.9. The maximum atomic E-state index is 12.2. The Kier molecular flexibility index (Phi) is 2.46. The van der Waals surface area contributed by atoms with E-state index in [1.54, 1.807) is 25.1 Å². The highest BCUT2D eigenvalue weighted by molar-refractivity contribution is 7.90. The molecule has 19 heavy (non-hydrogen) atoms. The van der Waals surface area contributed by atoms with Gasteiger partial charge in [0.25, 0.3) is 15.9 Å². The second kappa shape index (κ2) is 3.92. The number of fused-ring (bicyclic) bond motifs is 1. The van der Waals surface area contributed by atoms with Gasteiger partial charge in [-0.15, -0.1) is 0 Å². The average Bonchev–Trinajstić information content (AvgIpc) is 2.87. The quantitative estimate of drug-likeness (QED) is 0.827. The molecule has 0 saturated carbocycles. The fourth-order valence-corrected chi connectivity index (χ4v) is 3.55. The maximum absolute atomic E-state index is 12.2. The van der Waals surface area contributed by atoms with Crippen LogP contribution in [-0.4, -0.2) is 23.8 Å². The fourth-order valence-electron chi connectivity index (χ4n) is 2.02. The maximum Gasteiger partial charge on any atom is 0.269 e. The number of rotatable bonds is 2. The number of benzene rings is 1. The van der Waals surface area contributed by atoms with E-state index >= 15 is 0 Å². The molecule has 1 aromatic heterocycles. The van der Waals surface area contributed by atoms with E-state index in [1.807, 2.05) is 0 Å². The molecular weight excluding hydrogens is 268 g/mol. The number of nitrogens with zero attached hydrogens (tertiary/aromatic N) is 2. The van der Waals surface area contributed by atoms with E-state index in [9.17, 15) is 13.2 Å². The summed E-state index contributed by atoms with van der Waals surface area (Å²) in [6.07, 6.45) is 0. The Bertz CT molecular complexity index is 764. The minimum Gasteiger partial charge on any atom is -0.359 e. The summed E-state index contributed by atoms with van der Waals surface area (Å²) < 4.78 is 30.3. The summed E-state index contributed by atoms with van der Waals surface area (Å²) in [7, 11) is -3.79. The Morgan fingerprint density at radius 1 is 1.32 bits per heavy atom. The molecule has 0 bridgehead atoms. The van der Waals surface area contributed by atoms with Crippen LogP contribution in [0.4, 0.5) is 0 Å². The number of aromatic nitrogens is 1. The molecule has 1 aliphatic heterocycles. The van der Waals surface area contributed by atoms with E-state index in [1.165, 1.54) is 12.1 Å². The number of amides is 1. The molecule has 0 radical (unpaired) electrons. The minimum atomic E-state index is -3.79. The summed E-state index contributed by atoms with van der Waals surface area (Å²) in [6.45, 7) is 1.58. The van der Waals surface area contributed by atoms with E-state index < -0.39 is 15.9 Å². The van der Waals surface area contributed by atoms with Gasteiger partial charge in [-0.1, -0.05) is 17.3 Å². The summed E-state index contributed by atoms with van der Waals surface area (Å²) in [4.78, 5) is 12.1. The number of hydrogen-bond acceptors (Lipinski definition) is 5. The summed E-state index contributed by atoms with van der Waals surface area (Å²) in [6, 6.07) is 7.75. The van der Waals surface area contributed by atoms with Gasteiger partial charge in [-0.25, -0.2) is 12.7 Å². The molecule has 2 aromatic rings. The molecule has 3 rings (SSSR count). The molecule has 0 atom stereocenters. The lowest BCUT2D eigenvalue weighted by molar-refractivity contribution is 0.0856. The summed E-state index contributed by atoms with van der Waals surface area (Å²) in [5, 5.41) is 3.67. The van der Waals surface area contributed by atoms with Gasteiger partial charge in [0.1, 0.15) is 4.90 Å². The highest BCUT2D eigenvalue weighted by atomic mass is 32.2. The highest BCUT2D eigenvalue weighted by Crippen LogP contribution is 2.31.